The molecule has 16 heavy (non-hydrogen) atoms. The van der Waals surface area contributed by atoms with Crippen LogP contribution in [0.15, 0.2) is 24.3 Å². The first kappa shape index (κ1) is 13.0. The summed E-state index contributed by atoms with van der Waals surface area (Å²) in [6.45, 7) is 3.69. The van der Waals surface area contributed by atoms with Crippen LogP contribution in [-0.4, -0.2) is 19.2 Å². The fourth-order valence-corrected chi connectivity index (χ4v) is 1.54. The van der Waals surface area contributed by atoms with Gasteiger partial charge in [0.15, 0.2) is 6.10 Å². The molecule has 0 fully saturated rings. The zero-order valence-corrected chi connectivity index (χ0v) is 11.2. The van der Waals surface area contributed by atoms with Crippen LogP contribution in [0.2, 0.25) is 0 Å². The minimum Gasteiger partial charge on any atom is -0.479 e. The van der Waals surface area contributed by atoms with Crippen molar-refractivity contribution < 1.29 is 14.3 Å². The molecule has 0 saturated carbocycles. The quantitative estimate of drug-likeness (QED) is 0.630. The van der Waals surface area contributed by atoms with Gasteiger partial charge in [0, 0.05) is 4.83 Å². The number of carbonyl (C=O) groups is 1. The molecule has 0 aliphatic carbocycles. The van der Waals surface area contributed by atoms with Crippen molar-refractivity contribution in [1.29, 1.82) is 0 Å². The molecule has 2 atom stereocenters. The van der Waals surface area contributed by atoms with E-state index in [4.69, 9.17) is 4.74 Å². The molecule has 4 heteroatoms. The molecule has 0 aliphatic rings. The molecular formula is C12H15BrO3. The van der Waals surface area contributed by atoms with Crippen molar-refractivity contribution in [2.75, 3.05) is 7.11 Å². The highest BCUT2D eigenvalue weighted by molar-refractivity contribution is 9.09. The van der Waals surface area contributed by atoms with Crippen molar-refractivity contribution in [1.82, 2.24) is 0 Å². The molecular weight excluding hydrogens is 272 g/mol. The lowest BCUT2D eigenvalue weighted by Gasteiger charge is -2.13. The lowest BCUT2D eigenvalue weighted by atomic mass is 10.1. The first-order valence-electron chi connectivity index (χ1n) is 5.03. The van der Waals surface area contributed by atoms with E-state index in [-0.39, 0.29) is 10.8 Å². The number of methoxy groups -OCH3 is 1. The Labute approximate surface area is 104 Å². The van der Waals surface area contributed by atoms with Crippen LogP contribution < -0.4 is 4.74 Å². The molecule has 1 rings (SSSR count). The summed E-state index contributed by atoms with van der Waals surface area (Å²) in [7, 11) is 1.35. The fraction of sp³-hybridized carbons (Fsp3) is 0.417. The van der Waals surface area contributed by atoms with Crippen LogP contribution in [-0.2, 0) is 9.53 Å². The van der Waals surface area contributed by atoms with Gasteiger partial charge < -0.3 is 9.47 Å². The van der Waals surface area contributed by atoms with Crippen molar-refractivity contribution in [2.24, 2.45) is 0 Å². The summed E-state index contributed by atoms with van der Waals surface area (Å²) in [5, 5.41) is 0. The van der Waals surface area contributed by atoms with Crippen LogP contribution in [0.1, 0.15) is 24.2 Å². The molecule has 88 valence electrons. The number of hydrogen-bond donors (Lipinski definition) is 0. The van der Waals surface area contributed by atoms with Crippen molar-refractivity contribution in [3.63, 3.8) is 0 Å². The molecule has 0 radical (unpaired) electrons. The second kappa shape index (κ2) is 5.89. The van der Waals surface area contributed by atoms with E-state index in [1.807, 2.05) is 31.2 Å². The summed E-state index contributed by atoms with van der Waals surface area (Å²) in [6.07, 6.45) is -0.592. The first-order chi connectivity index (χ1) is 7.54. The van der Waals surface area contributed by atoms with Gasteiger partial charge in [-0.1, -0.05) is 28.1 Å². The van der Waals surface area contributed by atoms with E-state index in [0.29, 0.717) is 5.75 Å². The summed E-state index contributed by atoms with van der Waals surface area (Å²) in [6, 6.07) is 7.61. The van der Waals surface area contributed by atoms with Crippen LogP contribution in [0, 0.1) is 0 Å². The molecule has 1 unspecified atom stereocenters. The van der Waals surface area contributed by atoms with Crippen LogP contribution in [0.4, 0.5) is 0 Å². The van der Waals surface area contributed by atoms with Crippen molar-refractivity contribution >= 4 is 21.9 Å². The summed E-state index contributed by atoms with van der Waals surface area (Å²) in [5.41, 5.74) is 1.11. The van der Waals surface area contributed by atoms with Gasteiger partial charge in [-0.15, -0.1) is 0 Å². The van der Waals surface area contributed by atoms with Crippen molar-refractivity contribution in [2.45, 2.75) is 24.8 Å². The average Bonchev–Trinajstić information content (AvgIpc) is 2.28. The molecule has 1 aromatic carbocycles. The molecule has 0 spiro atoms. The summed E-state index contributed by atoms with van der Waals surface area (Å²) in [5.74, 6) is 0.291. The van der Waals surface area contributed by atoms with E-state index >= 15 is 0 Å². The third-order valence-electron chi connectivity index (χ3n) is 2.16. The largest absolute Gasteiger partial charge is 0.479 e. The van der Waals surface area contributed by atoms with E-state index in [9.17, 15) is 4.79 Å². The van der Waals surface area contributed by atoms with E-state index < -0.39 is 6.10 Å². The summed E-state index contributed by atoms with van der Waals surface area (Å²) < 4.78 is 10.1. The summed E-state index contributed by atoms with van der Waals surface area (Å²) >= 11 is 3.48. The average molecular weight is 287 g/mol. The highest BCUT2D eigenvalue weighted by Crippen LogP contribution is 2.25. The Morgan fingerprint density at radius 2 is 2.06 bits per heavy atom. The molecule has 3 nitrogen and oxygen atoms in total. The Morgan fingerprint density at radius 1 is 1.38 bits per heavy atom. The van der Waals surface area contributed by atoms with Gasteiger partial charge in [0.2, 0.25) is 0 Å². The molecule has 0 amide bonds. The number of alkyl halides is 1. The minimum absolute atomic E-state index is 0.254. The highest BCUT2D eigenvalue weighted by atomic mass is 79.9. The second-order valence-electron chi connectivity index (χ2n) is 3.47. The maximum Gasteiger partial charge on any atom is 0.346 e. The molecule has 0 aliphatic heterocycles. The van der Waals surface area contributed by atoms with Gasteiger partial charge >= 0.3 is 5.97 Å². The van der Waals surface area contributed by atoms with Gasteiger partial charge in [-0.2, -0.15) is 0 Å². The third kappa shape index (κ3) is 3.52. The van der Waals surface area contributed by atoms with E-state index in [0.717, 1.165) is 5.56 Å². The van der Waals surface area contributed by atoms with Gasteiger partial charge in [0.05, 0.1) is 7.11 Å². The van der Waals surface area contributed by atoms with Gasteiger partial charge in [0.25, 0.3) is 0 Å². The van der Waals surface area contributed by atoms with E-state index in [1.54, 1.807) is 6.92 Å². The molecule has 0 saturated heterocycles. The van der Waals surface area contributed by atoms with Crippen molar-refractivity contribution in [3.8, 4) is 5.75 Å². The van der Waals surface area contributed by atoms with Crippen LogP contribution >= 0.6 is 15.9 Å². The molecule has 1 aromatic rings. The van der Waals surface area contributed by atoms with Gasteiger partial charge in [0.1, 0.15) is 5.75 Å². The second-order valence-corrected chi connectivity index (χ2v) is 4.85. The minimum atomic E-state index is -0.592. The SMILES string of the molecule is COC(=O)[C@H](C)Oc1cccc(C(C)Br)c1. The standard InChI is InChI=1S/C12H15BrO3/c1-8(13)10-5-4-6-11(7-10)16-9(2)12(14)15-3/h4-9H,1-3H3/t8?,9-/m0/s1. The predicted octanol–water partition coefficient (Wildman–Crippen LogP) is 3.08. The number of hydrogen-bond acceptors (Lipinski definition) is 3. The topological polar surface area (TPSA) is 35.5 Å². The normalized spacial score (nSPS) is 14.0. The van der Waals surface area contributed by atoms with Crippen LogP contribution in [0.3, 0.4) is 0 Å². The van der Waals surface area contributed by atoms with Crippen LogP contribution in [0.25, 0.3) is 0 Å². The number of rotatable bonds is 4. The van der Waals surface area contributed by atoms with Crippen molar-refractivity contribution in [3.05, 3.63) is 29.8 Å². The maximum absolute atomic E-state index is 11.2. The Kier molecular flexibility index (Phi) is 4.80. The number of carbonyl (C=O) groups excluding carboxylic acids is 1. The molecule has 0 aromatic heterocycles. The highest BCUT2D eigenvalue weighted by Gasteiger charge is 2.14. The van der Waals surface area contributed by atoms with E-state index in [1.165, 1.54) is 7.11 Å². The first-order valence-corrected chi connectivity index (χ1v) is 5.94. The van der Waals surface area contributed by atoms with E-state index in [2.05, 4.69) is 20.7 Å². The zero-order valence-electron chi connectivity index (χ0n) is 9.57. The zero-order chi connectivity index (χ0) is 12.1. The smallest absolute Gasteiger partial charge is 0.346 e. The number of esters is 1. The molecule has 0 N–H and O–H groups in total. The van der Waals surface area contributed by atoms with Gasteiger partial charge in [-0.25, -0.2) is 4.79 Å². The Hall–Kier alpha value is -1.03. The summed E-state index contributed by atoms with van der Waals surface area (Å²) in [4.78, 5) is 11.4. The van der Waals surface area contributed by atoms with Crippen LogP contribution in [0.5, 0.6) is 5.75 Å². The van der Waals surface area contributed by atoms with Gasteiger partial charge in [-0.05, 0) is 31.5 Å². The number of ether oxygens (including phenoxy) is 2. The lowest BCUT2D eigenvalue weighted by molar-refractivity contribution is -0.147. The maximum atomic E-state index is 11.2. The molecule has 0 bridgehead atoms. The Bertz CT molecular complexity index is 363. The fourth-order valence-electron chi connectivity index (χ4n) is 1.25. The third-order valence-corrected chi connectivity index (χ3v) is 2.69. The number of halogens is 1. The molecule has 0 heterocycles. The van der Waals surface area contributed by atoms with Gasteiger partial charge in [-0.3, -0.25) is 0 Å². The number of benzene rings is 1. The Morgan fingerprint density at radius 3 is 2.62 bits per heavy atom. The monoisotopic (exact) mass is 286 g/mol. The Balaban J connectivity index is 2.74. The lowest BCUT2D eigenvalue weighted by Crippen LogP contribution is -2.24. The predicted molar refractivity (Wildman–Crippen MR) is 65.9 cm³/mol.